The van der Waals surface area contributed by atoms with Crippen LogP contribution in [-0.4, -0.2) is 18.1 Å². The largest absolute Gasteiger partial charge is 0.324 e. The number of hydrogen-bond acceptors (Lipinski definition) is 2. The SMILES string of the molecule is CC(N)(CNC1CCCCCC1)C1CC1. The van der Waals surface area contributed by atoms with Gasteiger partial charge in [0.15, 0.2) is 0 Å². The lowest BCUT2D eigenvalue weighted by molar-refractivity contribution is 0.341. The summed E-state index contributed by atoms with van der Waals surface area (Å²) < 4.78 is 0. The molecule has 1 atom stereocenters. The summed E-state index contributed by atoms with van der Waals surface area (Å²) in [6, 6.07) is 0.745. The van der Waals surface area contributed by atoms with Gasteiger partial charge in [0.25, 0.3) is 0 Å². The first-order valence-corrected chi connectivity index (χ1v) is 6.71. The second-order valence-electron chi connectivity index (χ2n) is 5.85. The first kappa shape index (κ1) is 11.4. The molecule has 0 bridgehead atoms. The molecule has 0 aromatic carbocycles. The molecule has 0 heterocycles. The molecule has 2 saturated carbocycles. The van der Waals surface area contributed by atoms with Crippen molar-refractivity contribution in [1.29, 1.82) is 0 Å². The van der Waals surface area contributed by atoms with Crippen LogP contribution in [0.25, 0.3) is 0 Å². The highest BCUT2D eigenvalue weighted by molar-refractivity contribution is 4.97. The summed E-state index contributed by atoms with van der Waals surface area (Å²) in [5, 5.41) is 3.70. The summed E-state index contributed by atoms with van der Waals surface area (Å²) in [6.07, 6.45) is 11.1. The third kappa shape index (κ3) is 3.46. The number of nitrogens with two attached hydrogens (primary N) is 1. The fourth-order valence-corrected chi connectivity index (χ4v) is 2.73. The third-order valence-electron chi connectivity index (χ3n) is 4.14. The van der Waals surface area contributed by atoms with Gasteiger partial charge in [0.2, 0.25) is 0 Å². The Kier molecular flexibility index (Phi) is 3.68. The highest BCUT2D eigenvalue weighted by Crippen LogP contribution is 2.37. The molecule has 15 heavy (non-hydrogen) atoms. The van der Waals surface area contributed by atoms with E-state index in [0.29, 0.717) is 0 Å². The Morgan fingerprint density at radius 3 is 2.20 bits per heavy atom. The molecule has 2 rings (SSSR count). The number of rotatable bonds is 4. The van der Waals surface area contributed by atoms with Crippen molar-refractivity contribution in [2.24, 2.45) is 11.7 Å². The van der Waals surface area contributed by atoms with E-state index >= 15 is 0 Å². The highest BCUT2D eigenvalue weighted by Gasteiger charge is 2.38. The molecule has 0 aromatic rings. The number of nitrogens with one attached hydrogen (secondary N) is 1. The average molecular weight is 210 g/mol. The van der Waals surface area contributed by atoms with Gasteiger partial charge in [-0.1, -0.05) is 25.7 Å². The molecule has 2 aliphatic carbocycles. The van der Waals surface area contributed by atoms with E-state index in [9.17, 15) is 0 Å². The maximum atomic E-state index is 6.32. The van der Waals surface area contributed by atoms with Crippen LogP contribution in [0.1, 0.15) is 58.3 Å². The van der Waals surface area contributed by atoms with Gasteiger partial charge in [-0.2, -0.15) is 0 Å². The monoisotopic (exact) mass is 210 g/mol. The average Bonchev–Trinajstić information content (AvgIpc) is 3.03. The minimum absolute atomic E-state index is 0.0479. The maximum Gasteiger partial charge on any atom is 0.0280 e. The second kappa shape index (κ2) is 4.84. The molecule has 2 nitrogen and oxygen atoms in total. The van der Waals surface area contributed by atoms with Crippen LogP contribution in [0.5, 0.6) is 0 Å². The fraction of sp³-hybridized carbons (Fsp3) is 1.00. The van der Waals surface area contributed by atoms with Gasteiger partial charge in [0.05, 0.1) is 0 Å². The summed E-state index contributed by atoms with van der Waals surface area (Å²) in [6.45, 7) is 3.23. The van der Waals surface area contributed by atoms with Crippen molar-refractivity contribution in [2.45, 2.75) is 69.9 Å². The smallest absolute Gasteiger partial charge is 0.0280 e. The van der Waals surface area contributed by atoms with Crippen molar-refractivity contribution in [1.82, 2.24) is 5.32 Å². The van der Waals surface area contributed by atoms with Crippen LogP contribution in [0.3, 0.4) is 0 Å². The predicted octanol–water partition coefficient (Wildman–Crippen LogP) is 2.43. The molecule has 0 aromatic heterocycles. The van der Waals surface area contributed by atoms with Gasteiger partial charge >= 0.3 is 0 Å². The molecule has 0 saturated heterocycles. The number of hydrogen-bond donors (Lipinski definition) is 2. The molecular formula is C13H26N2. The Morgan fingerprint density at radius 1 is 1.07 bits per heavy atom. The summed E-state index contributed by atoms with van der Waals surface area (Å²) in [4.78, 5) is 0. The van der Waals surface area contributed by atoms with Gasteiger partial charge < -0.3 is 11.1 Å². The standard InChI is InChI=1S/C13H26N2/c1-13(14,11-8-9-11)10-15-12-6-4-2-3-5-7-12/h11-12,15H,2-10,14H2,1H3. The van der Waals surface area contributed by atoms with Crippen LogP contribution < -0.4 is 11.1 Å². The molecule has 88 valence electrons. The molecular weight excluding hydrogens is 184 g/mol. The summed E-state index contributed by atoms with van der Waals surface area (Å²) in [5.41, 5.74) is 6.36. The van der Waals surface area contributed by atoms with E-state index < -0.39 is 0 Å². The van der Waals surface area contributed by atoms with Crippen LogP contribution in [0.15, 0.2) is 0 Å². The van der Waals surface area contributed by atoms with E-state index in [1.165, 1.54) is 51.4 Å². The molecule has 0 amide bonds. The van der Waals surface area contributed by atoms with Gasteiger partial charge in [-0.3, -0.25) is 0 Å². The third-order valence-corrected chi connectivity index (χ3v) is 4.14. The van der Waals surface area contributed by atoms with Crippen LogP contribution in [-0.2, 0) is 0 Å². The molecule has 2 aliphatic rings. The summed E-state index contributed by atoms with van der Waals surface area (Å²) in [7, 11) is 0. The predicted molar refractivity (Wildman–Crippen MR) is 64.8 cm³/mol. The van der Waals surface area contributed by atoms with Crippen molar-refractivity contribution in [2.75, 3.05) is 6.54 Å². The zero-order valence-corrected chi connectivity index (χ0v) is 10.1. The van der Waals surface area contributed by atoms with Gasteiger partial charge in [0.1, 0.15) is 0 Å². The molecule has 3 N–H and O–H groups in total. The van der Waals surface area contributed by atoms with Crippen molar-refractivity contribution in [3.63, 3.8) is 0 Å². The van der Waals surface area contributed by atoms with Crippen LogP contribution >= 0.6 is 0 Å². The molecule has 2 heteroatoms. The van der Waals surface area contributed by atoms with Crippen LogP contribution in [0, 0.1) is 5.92 Å². The highest BCUT2D eigenvalue weighted by atomic mass is 15.0. The zero-order valence-electron chi connectivity index (χ0n) is 10.1. The summed E-state index contributed by atoms with van der Waals surface area (Å²) in [5.74, 6) is 0.788. The van der Waals surface area contributed by atoms with Crippen molar-refractivity contribution < 1.29 is 0 Å². The van der Waals surface area contributed by atoms with E-state index in [0.717, 1.165) is 18.5 Å². The zero-order chi connectivity index (χ0) is 10.7. The molecule has 2 fully saturated rings. The van der Waals surface area contributed by atoms with Crippen molar-refractivity contribution in [3.05, 3.63) is 0 Å². The normalized spacial score (nSPS) is 28.4. The fourth-order valence-electron chi connectivity index (χ4n) is 2.73. The lowest BCUT2D eigenvalue weighted by Gasteiger charge is -2.28. The van der Waals surface area contributed by atoms with Gasteiger partial charge in [0, 0.05) is 18.1 Å². The van der Waals surface area contributed by atoms with E-state index in [2.05, 4.69) is 12.2 Å². The minimum Gasteiger partial charge on any atom is -0.324 e. The first-order chi connectivity index (χ1) is 7.18. The van der Waals surface area contributed by atoms with Crippen molar-refractivity contribution >= 4 is 0 Å². The Balaban J connectivity index is 1.71. The van der Waals surface area contributed by atoms with Gasteiger partial charge in [-0.05, 0) is 38.5 Å². The Morgan fingerprint density at radius 2 is 1.67 bits per heavy atom. The lowest BCUT2D eigenvalue weighted by atomic mass is 9.96. The molecule has 1 unspecified atom stereocenters. The Labute approximate surface area is 94.0 Å². The van der Waals surface area contributed by atoms with Crippen LogP contribution in [0.4, 0.5) is 0 Å². The minimum atomic E-state index is 0.0479. The van der Waals surface area contributed by atoms with E-state index in [1.807, 2.05) is 0 Å². The molecule has 0 aliphatic heterocycles. The Hall–Kier alpha value is -0.0800. The van der Waals surface area contributed by atoms with Crippen molar-refractivity contribution in [3.8, 4) is 0 Å². The topological polar surface area (TPSA) is 38.0 Å². The Bertz CT molecular complexity index is 189. The maximum absolute atomic E-state index is 6.32. The quantitative estimate of drug-likeness (QED) is 0.699. The van der Waals surface area contributed by atoms with Gasteiger partial charge in [-0.15, -0.1) is 0 Å². The lowest BCUT2D eigenvalue weighted by Crippen LogP contribution is -2.50. The van der Waals surface area contributed by atoms with Crippen LogP contribution in [0.2, 0.25) is 0 Å². The molecule has 0 radical (unpaired) electrons. The van der Waals surface area contributed by atoms with E-state index in [4.69, 9.17) is 5.73 Å². The van der Waals surface area contributed by atoms with Gasteiger partial charge in [-0.25, -0.2) is 0 Å². The summed E-state index contributed by atoms with van der Waals surface area (Å²) >= 11 is 0. The van der Waals surface area contributed by atoms with E-state index in [1.54, 1.807) is 0 Å². The molecule has 0 spiro atoms. The van der Waals surface area contributed by atoms with E-state index in [-0.39, 0.29) is 5.54 Å². The second-order valence-corrected chi connectivity index (χ2v) is 5.85. The first-order valence-electron chi connectivity index (χ1n) is 6.71.